The summed E-state index contributed by atoms with van der Waals surface area (Å²) in [6.45, 7) is 6.97. The Kier molecular flexibility index (Phi) is 9.70. The van der Waals surface area contributed by atoms with Crippen LogP contribution in [-0.2, 0) is 4.57 Å². The van der Waals surface area contributed by atoms with Crippen LogP contribution in [0.3, 0.4) is 0 Å². The molecule has 5 rings (SSSR count). The Morgan fingerprint density at radius 1 is 0.872 bits per heavy atom. The van der Waals surface area contributed by atoms with Crippen LogP contribution in [-0.4, -0.2) is 33.3 Å². The number of benzene rings is 4. The second-order valence-electron chi connectivity index (χ2n) is 11.8. The van der Waals surface area contributed by atoms with Crippen LogP contribution in [0, 0.1) is 10.8 Å². The van der Waals surface area contributed by atoms with Crippen LogP contribution in [0.25, 0.3) is 10.8 Å². The lowest BCUT2D eigenvalue weighted by molar-refractivity contribution is 0.254. The molecule has 47 heavy (non-hydrogen) atoms. The standard InChI is InChI=1S/C35H36N7O4P/c1-35(2,3)30(36)22-31(38-24-14-16-25(17-15-24)47(4,44)45)41-34(43)40-28-18-19-29(27-13-9-8-12-26(27)28)46-32-20-21-37-33(42-32)39-23-10-6-5-7-11-23/h5-22,36,38H,1-4H3,(H,44,45)(H,37,39,42)(H2,40,41,43)/b31-22+,36-30?. The fourth-order valence-corrected chi connectivity index (χ4v) is 5.11. The number of para-hydroxylation sites is 1. The van der Waals surface area contributed by atoms with Crippen LogP contribution < -0.4 is 31.3 Å². The number of anilines is 4. The third-order valence-corrected chi connectivity index (χ3v) is 8.23. The number of ether oxygens (including phenoxy) is 1. The van der Waals surface area contributed by atoms with E-state index in [1.807, 2.05) is 75.4 Å². The molecule has 11 nitrogen and oxygen atoms in total. The molecule has 1 unspecified atom stereocenters. The van der Waals surface area contributed by atoms with Crippen molar-refractivity contribution in [3.63, 3.8) is 0 Å². The Hall–Kier alpha value is -5.51. The van der Waals surface area contributed by atoms with Gasteiger partial charge in [0.1, 0.15) is 11.6 Å². The summed E-state index contributed by atoms with van der Waals surface area (Å²) in [5.74, 6) is 1.53. The molecular weight excluding hydrogens is 613 g/mol. The normalized spacial score (nSPS) is 12.9. The first-order valence-corrected chi connectivity index (χ1v) is 16.9. The molecule has 0 aliphatic heterocycles. The average molecular weight is 650 g/mol. The Balaban J connectivity index is 1.35. The molecule has 0 saturated heterocycles. The van der Waals surface area contributed by atoms with E-state index in [0.717, 1.165) is 16.5 Å². The summed E-state index contributed by atoms with van der Waals surface area (Å²) in [5, 5.41) is 22.3. The molecule has 5 aromatic rings. The summed E-state index contributed by atoms with van der Waals surface area (Å²) >= 11 is 0. The molecule has 1 heterocycles. The lowest BCUT2D eigenvalue weighted by Gasteiger charge is -2.20. The van der Waals surface area contributed by atoms with E-state index in [2.05, 4.69) is 31.2 Å². The van der Waals surface area contributed by atoms with Gasteiger partial charge in [0.05, 0.1) is 5.69 Å². The van der Waals surface area contributed by atoms with E-state index in [0.29, 0.717) is 34.3 Å². The zero-order valence-corrected chi connectivity index (χ0v) is 27.3. The molecule has 1 atom stereocenters. The molecule has 4 aromatic carbocycles. The van der Waals surface area contributed by atoms with Crippen LogP contribution in [0.2, 0.25) is 0 Å². The number of carbonyl (C=O) groups is 1. The third kappa shape index (κ3) is 8.82. The Morgan fingerprint density at radius 3 is 2.23 bits per heavy atom. The number of hydrogen-bond acceptors (Lipinski definition) is 8. The molecule has 0 fully saturated rings. The zero-order chi connectivity index (χ0) is 33.6. The molecule has 12 heteroatoms. The number of allylic oxidation sites excluding steroid dienone is 1. The largest absolute Gasteiger partial charge is 0.438 e. The number of rotatable bonds is 10. The summed E-state index contributed by atoms with van der Waals surface area (Å²) in [4.78, 5) is 32.0. The third-order valence-electron chi connectivity index (χ3n) is 6.98. The molecule has 1 aromatic heterocycles. The second-order valence-corrected chi connectivity index (χ2v) is 14.1. The van der Waals surface area contributed by atoms with Crippen LogP contribution in [0.4, 0.5) is 27.8 Å². The first-order chi connectivity index (χ1) is 22.3. The molecular formula is C35H36N7O4P. The van der Waals surface area contributed by atoms with Gasteiger partial charge in [-0.25, -0.2) is 9.78 Å². The van der Waals surface area contributed by atoms with Crippen molar-refractivity contribution in [1.29, 1.82) is 5.41 Å². The van der Waals surface area contributed by atoms with Gasteiger partial charge in [-0.05, 0) is 48.5 Å². The number of fused-ring (bicyclic) bond motifs is 1. The van der Waals surface area contributed by atoms with Crippen molar-refractivity contribution < 1.29 is 19.0 Å². The van der Waals surface area contributed by atoms with Crippen LogP contribution >= 0.6 is 7.37 Å². The molecule has 0 aliphatic carbocycles. The summed E-state index contributed by atoms with van der Waals surface area (Å²) in [7, 11) is -3.41. The highest BCUT2D eigenvalue weighted by Crippen LogP contribution is 2.35. The SMILES string of the molecule is CC(C)(C)C(=N)/C=C(/NC(=O)Nc1ccc(Oc2ccnc(Nc3ccccc3)n2)c2ccccc12)Nc1ccc(P(C)(=O)O)cc1. The van der Waals surface area contributed by atoms with Crippen molar-refractivity contribution in [2.75, 3.05) is 22.6 Å². The minimum Gasteiger partial charge on any atom is -0.438 e. The first-order valence-electron chi connectivity index (χ1n) is 14.8. The Bertz CT molecular complexity index is 1990. The number of urea groups is 1. The Morgan fingerprint density at radius 2 is 1.55 bits per heavy atom. The van der Waals surface area contributed by atoms with Crippen LogP contribution in [0.15, 0.2) is 115 Å². The van der Waals surface area contributed by atoms with Gasteiger partial charge in [0, 0.05) is 63.6 Å². The monoisotopic (exact) mass is 649 g/mol. The minimum atomic E-state index is -3.41. The first kappa shape index (κ1) is 32.9. The smallest absolute Gasteiger partial charge is 0.324 e. The van der Waals surface area contributed by atoms with E-state index in [-0.39, 0.29) is 11.5 Å². The highest BCUT2D eigenvalue weighted by Gasteiger charge is 2.18. The lowest BCUT2D eigenvalue weighted by atomic mass is 9.90. The van der Waals surface area contributed by atoms with Gasteiger partial charge in [0.2, 0.25) is 19.2 Å². The summed E-state index contributed by atoms with van der Waals surface area (Å²) in [6, 6.07) is 28.1. The van der Waals surface area contributed by atoms with E-state index in [1.165, 1.54) is 6.66 Å². The average Bonchev–Trinajstić information content (AvgIpc) is 3.02. The highest BCUT2D eigenvalue weighted by molar-refractivity contribution is 7.65. The molecule has 0 saturated carbocycles. The van der Waals surface area contributed by atoms with Gasteiger partial charge in [0.15, 0.2) is 0 Å². The van der Waals surface area contributed by atoms with Crippen LogP contribution in [0.5, 0.6) is 11.6 Å². The topological polar surface area (TPSA) is 161 Å². The molecule has 0 aliphatic rings. The van der Waals surface area contributed by atoms with Crippen molar-refractivity contribution in [2.45, 2.75) is 20.8 Å². The maximum absolute atomic E-state index is 13.3. The summed E-state index contributed by atoms with van der Waals surface area (Å²) < 4.78 is 18.2. The van der Waals surface area contributed by atoms with Crippen molar-refractivity contribution in [3.05, 3.63) is 115 Å². The molecule has 0 spiro atoms. The lowest BCUT2D eigenvalue weighted by Crippen LogP contribution is -2.32. The zero-order valence-electron chi connectivity index (χ0n) is 26.4. The fourth-order valence-electron chi connectivity index (χ4n) is 4.41. The van der Waals surface area contributed by atoms with Gasteiger partial charge in [-0.15, -0.1) is 0 Å². The summed E-state index contributed by atoms with van der Waals surface area (Å²) in [5.41, 5.74) is 1.75. The predicted octanol–water partition coefficient (Wildman–Crippen LogP) is 7.83. The molecule has 2 amide bonds. The second kappa shape index (κ2) is 13.9. The molecule has 0 bridgehead atoms. The van der Waals surface area contributed by atoms with Crippen LogP contribution in [0.1, 0.15) is 20.8 Å². The van der Waals surface area contributed by atoms with E-state index < -0.39 is 18.8 Å². The molecule has 6 N–H and O–H groups in total. The van der Waals surface area contributed by atoms with Crippen molar-refractivity contribution >= 4 is 58.2 Å². The number of nitrogens with zero attached hydrogens (tertiary/aromatic N) is 2. The quantitative estimate of drug-likeness (QED) is 0.0659. The van der Waals surface area contributed by atoms with Gasteiger partial charge < -0.3 is 31.0 Å². The molecule has 0 radical (unpaired) electrons. The van der Waals surface area contributed by atoms with E-state index in [9.17, 15) is 14.3 Å². The molecule has 240 valence electrons. The fraction of sp³-hybridized carbons (Fsp3) is 0.143. The van der Waals surface area contributed by atoms with E-state index >= 15 is 0 Å². The van der Waals surface area contributed by atoms with Gasteiger partial charge in [-0.1, -0.05) is 63.2 Å². The van der Waals surface area contributed by atoms with Gasteiger partial charge >= 0.3 is 6.03 Å². The van der Waals surface area contributed by atoms with Crippen molar-refractivity contribution in [2.24, 2.45) is 5.41 Å². The van der Waals surface area contributed by atoms with Gasteiger partial charge in [-0.3, -0.25) is 9.88 Å². The van der Waals surface area contributed by atoms with Gasteiger partial charge in [0.25, 0.3) is 0 Å². The van der Waals surface area contributed by atoms with Crippen molar-refractivity contribution in [1.82, 2.24) is 15.3 Å². The number of aromatic nitrogens is 2. The maximum atomic E-state index is 13.3. The summed E-state index contributed by atoms with van der Waals surface area (Å²) in [6.07, 6.45) is 3.15. The number of hydrogen-bond donors (Lipinski definition) is 6. The predicted molar refractivity (Wildman–Crippen MR) is 189 cm³/mol. The van der Waals surface area contributed by atoms with Gasteiger partial charge in [-0.2, -0.15) is 4.98 Å². The highest BCUT2D eigenvalue weighted by atomic mass is 31.2. The number of carbonyl (C=O) groups excluding carboxylic acids is 1. The number of nitrogens with one attached hydrogen (secondary N) is 5. The maximum Gasteiger partial charge on any atom is 0.324 e. The number of amides is 2. The van der Waals surface area contributed by atoms with E-state index in [4.69, 9.17) is 10.1 Å². The van der Waals surface area contributed by atoms with E-state index in [1.54, 1.807) is 54.7 Å². The Labute approximate surface area is 273 Å². The van der Waals surface area contributed by atoms with Crippen molar-refractivity contribution in [3.8, 4) is 11.6 Å². The minimum absolute atomic E-state index is 0.256.